The number of rotatable bonds is 4. The van der Waals surface area contributed by atoms with Gasteiger partial charge in [0.15, 0.2) is 0 Å². The molecule has 0 spiro atoms. The van der Waals surface area contributed by atoms with Gasteiger partial charge in [-0.05, 0) is 0 Å². The molecule has 0 saturated heterocycles. The summed E-state index contributed by atoms with van der Waals surface area (Å²) in [6.45, 7) is -0.133. The molecule has 0 aromatic carbocycles. The number of carbonyl (C=O) groups excluding carboxylic acids is 3. The number of aromatic hydroxyl groups is 2. The molecule has 2 N–H and O–H groups in total. The van der Waals surface area contributed by atoms with E-state index in [4.69, 9.17) is 0 Å². The maximum atomic E-state index is 11.4. The Morgan fingerprint density at radius 1 is 1.11 bits per heavy atom. The number of imide groups is 1. The maximum Gasteiger partial charge on any atom is 0.335 e. The van der Waals surface area contributed by atoms with Crippen molar-refractivity contribution in [3.05, 3.63) is 24.3 Å². The highest BCUT2D eigenvalue weighted by atomic mass is 16.7. The average molecular weight is 266 g/mol. The summed E-state index contributed by atoms with van der Waals surface area (Å²) in [7, 11) is 0. The van der Waals surface area contributed by atoms with Crippen LogP contribution < -0.4 is 4.84 Å². The highest BCUT2D eigenvalue weighted by molar-refractivity contribution is 6.12. The summed E-state index contributed by atoms with van der Waals surface area (Å²) in [6.07, 6.45) is 1.96. The predicted molar refractivity (Wildman–Crippen MR) is 59.8 cm³/mol. The summed E-state index contributed by atoms with van der Waals surface area (Å²) in [6, 6.07) is 2.28. The molecular formula is C11H10N2O6. The zero-order chi connectivity index (χ0) is 14.0. The molecule has 0 fully saturated rings. The van der Waals surface area contributed by atoms with Crippen LogP contribution in [0.15, 0.2) is 24.3 Å². The molecule has 1 aliphatic rings. The molecule has 1 aromatic heterocycles. The first kappa shape index (κ1) is 12.7. The second-order valence-electron chi connectivity index (χ2n) is 3.72. The van der Waals surface area contributed by atoms with Crippen molar-refractivity contribution in [2.75, 3.05) is 6.54 Å². The van der Waals surface area contributed by atoms with Crippen LogP contribution in [0.25, 0.3) is 0 Å². The van der Waals surface area contributed by atoms with E-state index in [9.17, 15) is 24.6 Å². The van der Waals surface area contributed by atoms with Gasteiger partial charge in [0.05, 0.1) is 6.42 Å². The lowest BCUT2D eigenvalue weighted by molar-refractivity contribution is -0.146. The van der Waals surface area contributed by atoms with Crippen LogP contribution in [0.1, 0.15) is 6.42 Å². The molecule has 1 aromatic rings. The van der Waals surface area contributed by atoms with Crippen molar-refractivity contribution in [2.45, 2.75) is 6.42 Å². The normalized spacial score (nSPS) is 14.2. The molecule has 2 amide bonds. The van der Waals surface area contributed by atoms with Gasteiger partial charge in [-0.2, -0.15) is 0 Å². The van der Waals surface area contributed by atoms with E-state index in [0.717, 1.165) is 29.2 Å². The van der Waals surface area contributed by atoms with Crippen molar-refractivity contribution >= 4 is 17.8 Å². The van der Waals surface area contributed by atoms with Gasteiger partial charge >= 0.3 is 5.97 Å². The number of amides is 2. The third-order valence-corrected chi connectivity index (χ3v) is 2.43. The minimum absolute atomic E-state index is 0.133. The first-order valence-electron chi connectivity index (χ1n) is 5.33. The fraction of sp³-hybridized carbons (Fsp3) is 0.182. The molecule has 0 unspecified atom stereocenters. The monoisotopic (exact) mass is 266 g/mol. The first-order valence-corrected chi connectivity index (χ1v) is 5.33. The second kappa shape index (κ2) is 4.84. The Hall–Kier alpha value is -2.77. The van der Waals surface area contributed by atoms with E-state index < -0.39 is 29.5 Å². The van der Waals surface area contributed by atoms with Gasteiger partial charge in [0.25, 0.3) is 11.8 Å². The van der Waals surface area contributed by atoms with E-state index in [2.05, 4.69) is 4.84 Å². The lowest BCUT2D eigenvalue weighted by Crippen LogP contribution is -2.33. The van der Waals surface area contributed by atoms with E-state index >= 15 is 0 Å². The van der Waals surface area contributed by atoms with E-state index in [1.54, 1.807) is 0 Å². The summed E-state index contributed by atoms with van der Waals surface area (Å²) in [5.74, 6) is -2.69. The number of nitrogens with zero attached hydrogens (tertiary/aromatic N) is 2. The van der Waals surface area contributed by atoms with Gasteiger partial charge in [0.2, 0.25) is 11.8 Å². The molecule has 0 saturated carbocycles. The fourth-order valence-electron chi connectivity index (χ4n) is 1.50. The molecule has 2 heterocycles. The van der Waals surface area contributed by atoms with Crippen LogP contribution in [-0.4, -0.2) is 44.2 Å². The summed E-state index contributed by atoms with van der Waals surface area (Å²) in [5, 5.41) is 18.5. The van der Waals surface area contributed by atoms with Gasteiger partial charge in [0.1, 0.15) is 0 Å². The largest absolute Gasteiger partial charge is 0.492 e. The molecule has 8 heteroatoms. The van der Waals surface area contributed by atoms with Gasteiger partial charge in [0, 0.05) is 30.8 Å². The van der Waals surface area contributed by atoms with Crippen LogP contribution in [0.5, 0.6) is 11.8 Å². The quantitative estimate of drug-likeness (QED) is 0.688. The zero-order valence-electron chi connectivity index (χ0n) is 9.65. The van der Waals surface area contributed by atoms with Crippen molar-refractivity contribution in [3.8, 4) is 11.8 Å². The first-order chi connectivity index (χ1) is 8.99. The number of hydrogen-bond acceptors (Lipinski definition) is 6. The molecule has 0 bridgehead atoms. The van der Waals surface area contributed by atoms with Crippen LogP contribution >= 0.6 is 0 Å². The molecule has 19 heavy (non-hydrogen) atoms. The highest BCUT2D eigenvalue weighted by Crippen LogP contribution is 2.18. The van der Waals surface area contributed by atoms with Crippen molar-refractivity contribution in [3.63, 3.8) is 0 Å². The molecule has 0 aliphatic carbocycles. The molecule has 2 rings (SSSR count). The van der Waals surface area contributed by atoms with Crippen LogP contribution in [-0.2, 0) is 14.4 Å². The van der Waals surface area contributed by atoms with E-state index in [0.29, 0.717) is 4.73 Å². The predicted octanol–water partition coefficient (Wildman–Crippen LogP) is -0.830. The molecular weight excluding hydrogens is 256 g/mol. The Kier molecular flexibility index (Phi) is 3.23. The van der Waals surface area contributed by atoms with Gasteiger partial charge in [-0.25, -0.2) is 4.79 Å². The van der Waals surface area contributed by atoms with Crippen LogP contribution in [0.2, 0.25) is 0 Å². The minimum atomic E-state index is -0.811. The Labute approximate surface area is 107 Å². The molecule has 0 radical (unpaired) electrons. The smallest absolute Gasteiger partial charge is 0.335 e. The molecule has 100 valence electrons. The number of carbonyl (C=O) groups is 3. The molecule has 1 aliphatic heterocycles. The average Bonchev–Trinajstić information content (AvgIpc) is 2.84. The van der Waals surface area contributed by atoms with Crippen molar-refractivity contribution in [2.24, 2.45) is 0 Å². The van der Waals surface area contributed by atoms with E-state index in [1.165, 1.54) is 0 Å². The number of hydrogen-bond donors (Lipinski definition) is 2. The van der Waals surface area contributed by atoms with Crippen LogP contribution in [0.4, 0.5) is 0 Å². The van der Waals surface area contributed by atoms with E-state index in [1.807, 2.05) is 0 Å². The Morgan fingerprint density at radius 3 is 2.16 bits per heavy atom. The van der Waals surface area contributed by atoms with Crippen molar-refractivity contribution in [1.82, 2.24) is 9.63 Å². The van der Waals surface area contributed by atoms with Crippen LogP contribution in [0, 0.1) is 0 Å². The highest BCUT2D eigenvalue weighted by Gasteiger charge is 2.24. The standard InChI is InChI=1S/C11H10N2O6/c14-7-1-2-8(15)12(7)6-5-11(18)19-13-9(16)3-4-10(13)17/h1-4,16-17H,5-6H2. The van der Waals surface area contributed by atoms with Crippen molar-refractivity contribution < 1.29 is 29.4 Å². The number of aromatic nitrogens is 1. The third-order valence-electron chi connectivity index (χ3n) is 2.43. The van der Waals surface area contributed by atoms with E-state index in [-0.39, 0.29) is 13.0 Å². The van der Waals surface area contributed by atoms with Crippen LogP contribution in [0.3, 0.4) is 0 Å². The second-order valence-corrected chi connectivity index (χ2v) is 3.72. The Bertz CT molecular complexity index is 536. The Balaban J connectivity index is 1.89. The minimum Gasteiger partial charge on any atom is -0.492 e. The SMILES string of the molecule is O=C(CCN1C(=O)C=CC1=O)On1c(O)ccc1O. The zero-order valence-corrected chi connectivity index (χ0v) is 9.65. The van der Waals surface area contributed by atoms with Gasteiger partial charge in [-0.1, -0.05) is 0 Å². The fourth-order valence-corrected chi connectivity index (χ4v) is 1.50. The summed E-state index contributed by atoms with van der Waals surface area (Å²) < 4.78 is 0.536. The van der Waals surface area contributed by atoms with Crippen molar-refractivity contribution in [1.29, 1.82) is 0 Å². The van der Waals surface area contributed by atoms with Gasteiger partial charge in [-0.15, -0.1) is 4.73 Å². The third kappa shape index (κ3) is 2.57. The van der Waals surface area contributed by atoms with Gasteiger partial charge in [-0.3, -0.25) is 14.5 Å². The summed E-state index contributed by atoms with van der Waals surface area (Å²) in [5.41, 5.74) is 0. The lowest BCUT2D eigenvalue weighted by Gasteiger charge is -2.13. The topological polar surface area (TPSA) is 109 Å². The molecule has 0 atom stereocenters. The summed E-state index contributed by atoms with van der Waals surface area (Å²) in [4.78, 5) is 39.4. The lowest BCUT2D eigenvalue weighted by atomic mass is 10.4. The summed E-state index contributed by atoms with van der Waals surface area (Å²) >= 11 is 0. The molecule has 8 nitrogen and oxygen atoms in total. The maximum absolute atomic E-state index is 11.4. The Morgan fingerprint density at radius 2 is 1.63 bits per heavy atom. The van der Waals surface area contributed by atoms with Gasteiger partial charge < -0.3 is 15.1 Å².